The molecule has 23 heavy (non-hydrogen) atoms. The van der Waals surface area contributed by atoms with Crippen molar-refractivity contribution in [3.05, 3.63) is 77.5 Å². The van der Waals surface area contributed by atoms with E-state index < -0.39 is 4.87 Å². The number of carbonyl (C=O) groups excluding carboxylic acids is 1. The van der Waals surface area contributed by atoms with Crippen molar-refractivity contribution in [3.63, 3.8) is 0 Å². The third-order valence-electron chi connectivity index (χ3n) is 4.79. The molecule has 5 rings (SSSR count). The van der Waals surface area contributed by atoms with Crippen LogP contribution in [0.3, 0.4) is 0 Å². The minimum atomic E-state index is -0.407. The molecule has 0 N–H and O–H groups in total. The van der Waals surface area contributed by atoms with E-state index in [2.05, 4.69) is 23.2 Å². The Hall–Kier alpha value is -2.33. The average Bonchev–Trinajstić information content (AvgIpc) is 3.14. The van der Waals surface area contributed by atoms with Gasteiger partial charge in [0.2, 0.25) is 0 Å². The van der Waals surface area contributed by atoms with Gasteiger partial charge in [-0.05, 0) is 18.2 Å². The average molecular weight is 318 g/mol. The predicted molar refractivity (Wildman–Crippen MR) is 92.5 cm³/mol. The Labute approximate surface area is 138 Å². The summed E-state index contributed by atoms with van der Waals surface area (Å²) < 4.78 is 0. The molecule has 1 amide bonds. The molecular formula is C19H14N2OS. The van der Waals surface area contributed by atoms with Crippen molar-refractivity contribution in [2.45, 2.75) is 4.87 Å². The lowest BCUT2D eigenvalue weighted by Gasteiger charge is -2.33. The standard InChI is InChI=1S/C19H14N2OS/c22-18-14-6-1-3-7-15(14)19(21(18)11-12-23-19)16-9-10-20-17-8-4-2-5-13(16)17/h1-10H,11-12H2. The number of aromatic nitrogens is 1. The molecule has 0 radical (unpaired) electrons. The molecule has 112 valence electrons. The highest BCUT2D eigenvalue weighted by Gasteiger charge is 2.54. The summed E-state index contributed by atoms with van der Waals surface area (Å²) in [6.45, 7) is 0.787. The van der Waals surface area contributed by atoms with Crippen LogP contribution in [0.2, 0.25) is 0 Å². The molecule has 0 aliphatic carbocycles. The molecule has 3 nitrogen and oxygen atoms in total. The van der Waals surface area contributed by atoms with Gasteiger partial charge in [-0.15, -0.1) is 11.8 Å². The summed E-state index contributed by atoms with van der Waals surface area (Å²) in [6, 6.07) is 18.3. The number of hydrogen-bond donors (Lipinski definition) is 0. The summed E-state index contributed by atoms with van der Waals surface area (Å²) in [5.74, 6) is 1.10. The van der Waals surface area contributed by atoms with Gasteiger partial charge in [0.25, 0.3) is 5.91 Å². The van der Waals surface area contributed by atoms with Crippen LogP contribution in [0.4, 0.5) is 0 Å². The first-order chi connectivity index (χ1) is 11.3. The zero-order valence-electron chi connectivity index (χ0n) is 12.4. The highest BCUT2D eigenvalue weighted by atomic mass is 32.2. The molecule has 0 bridgehead atoms. The van der Waals surface area contributed by atoms with Gasteiger partial charge in [0.1, 0.15) is 4.87 Å². The molecule has 3 heterocycles. The molecule has 1 fully saturated rings. The Balaban J connectivity index is 1.89. The number of thioether (sulfide) groups is 1. The summed E-state index contributed by atoms with van der Waals surface area (Å²) >= 11 is 1.85. The molecule has 0 spiro atoms. The minimum Gasteiger partial charge on any atom is -0.315 e. The number of rotatable bonds is 1. The lowest BCUT2D eigenvalue weighted by Crippen LogP contribution is -2.37. The van der Waals surface area contributed by atoms with E-state index in [0.717, 1.165) is 34.3 Å². The summed E-state index contributed by atoms with van der Waals surface area (Å²) in [5, 5.41) is 1.12. The van der Waals surface area contributed by atoms with E-state index in [0.29, 0.717) is 0 Å². The second-order valence-corrected chi connectivity index (χ2v) is 7.16. The fourth-order valence-electron chi connectivity index (χ4n) is 3.86. The summed E-state index contributed by atoms with van der Waals surface area (Å²) in [7, 11) is 0. The molecule has 0 saturated carbocycles. The van der Waals surface area contributed by atoms with Crippen LogP contribution in [0.1, 0.15) is 21.5 Å². The van der Waals surface area contributed by atoms with Gasteiger partial charge in [-0.1, -0.05) is 36.4 Å². The number of benzene rings is 2. The fraction of sp³-hybridized carbons (Fsp3) is 0.158. The van der Waals surface area contributed by atoms with E-state index in [9.17, 15) is 4.79 Å². The van der Waals surface area contributed by atoms with Crippen molar-refractivity contribution in [1.29, 1.82) is 0 Å². The van der Waals surface area contributed by atoms with E-state index in [-0.39, 0.29) is 5.91 Å². The van der Waals surface area contributed by atoms with Gasteiger partial charge in [-0.2, -0.15) is 0 Å². The first-order valence-corrected chi connectivity index (χ1v) is 8.70. The lowest BCUT2D eigenvalue weighted by atomic mass is 9.94. The molecule has 2 aromatic carbocycles. The Kier molecular flexibility index (Phi) is 2.62. The summed E-state index contributed by atoms with van der Waals surface area (Å²) in [6.07, 6.45) is 1.86. The fourth-order valence-corrected chi connectivity index (χ4v) is 5.42. The highest BCUT2D eigenvalue weighted by Crippen LogP contribution is 2.56. The second-order valence-electron chi connectivity index (χ2n) is 5.87. The monoisotopic (exact) mass is 318 g/mol. The predicted octanol–water partition coefficient (Wildman–Crippen LogP) is 3.64. The summed E-state index contributed by atoms with van der Waals surface area (Å²) in [5.41, 5.74) is 4.09. The molecule has 2 aliphatic heterocycles. The van der Waals surface area contributed by atoms with Crippen LogP contribution in [0, 0.1) is 0 Å². The zero-order valence-corrected chi connectivity index (χ0v) is 13.2. The van der Waals surface area contributed by atoms with Gasteiger partial charge in [-0.25, -0.2) is 0 Å². The topological polar surface area (TPSA) is 33.2 Å². The minimum absolute atomic E-state index is 0.145. The normalized spacial score (nSPS) is 22.4. The van der Waals surface area contributed by atoms with E-state index in [4.69, 9.17) is 0 Å². The molecule has 2 aliphatic rings. The van der Waals surface area contributed by atoms with Crippen molar-refractivity contribution in [2.24, 2.45) is 0 Å². The lowest BCUT2D eigenvalue weighted by molar-refractivity contribution is 0.0753. The van der Waals surface area contributed by atoms with Crippen LogP contribution in [0.5, 0.6) is 0 Å². The van der Waals surface area contributed by atoms with Crippen molar-refractivity contribution in [2.75, 3.05) is 12.3 Å². The Morgan fingerprint density at radius 3 is 2.78 bits per heavy atom. The molecule has 3 aromatic rings. The highest BCUT2D eigenvalue weighted by molar-refractivity contribution is 8.00. The maximum absolute atomic E-state index is 12.9. The van der Waals surface area contributed by atoms with E-state index >= 15 is 0 Å². The van der Waals surface area contributed by atoms with Gasteiger partial charge >= 0.3 is 0 Å². The molecular weight excluding hydrogens is 304 g/mol. The maximum atomic E-state index is 12.9. The number of carbonyl (C=O) groups is 1. The molecule has 1 unspecified atom stereocenters. The third-order valence-corrected chi connectivity index (χ3v) is 6.25. The van der Waals surface area contributed by atoms with Gasteiger partial charge in [0.05, 0.1) is 5.52 Å². The Morgan fingerprint density at radius 2 is 1.83 bits per heavy atom. The van der Waals surface area contributed by atoms with Crippen molar-refractivity contribution in [3.8, 4) is 0 Å². The Morgan fingerprint density at radius 1 is 1.00 bits per heavy atom. The van der Waals surface area contributed by atoms with Crippen LogP contribution in [0.25, 0.3) is 10.9 Å². The van der Waals surface area contributed by atoms with E-state index in [1.54, 1.807) is 0 Å². The maximum Gasteiger partial charge on any atom is 0.255 e. The summed E-state index contributed by atoms with van der Waals surface area (Å²) in [4.78, 5) is 19.0. The van der Waals surface area contributed by atoms with Gasteiger partial charge in [0, 0.05) is 40.6 Å². The van der Waals surface area contributed by atoms with E-state index in [1.165, 1.54) is 5.56 Å². The number of amides is 1. The van der Waals surface area contributed by atoms with E-state index in [1.807, 2.05) is 59.3 Å². The molecule has 1 atom stereocenters. The van der Waals surface area contributed by atoms with Gasteiger partial charge in [-0.3, -0.25) is 9.78 Å². The quantitative estimate of drug-likeness (QED) is 0.687. The molecule has 4 heteroatoms. The number of fused-ring (bicyclic) bond motifs is 4. The van der Waals surface area contributed by atoms with Gasteiger partial charge < -0.3 is 4.90 Å². The van der Waals surface area contributed by atoms with Crippen molar-refractivity contribution in [1.82, 2.24) is 9.88 Å². The molecule has 1 saturated heterocycles. The largest absolute Gasteiger partial charge is 0.315 e. The Bertz CT molecular complexity index is 950. The van der Waals surface area contributed by atoms with Crippen LogP contribution in [0.15, 0.2) is 60.8 Å². The van der Waals surface area contributed by atoms with Crippen LogP contribution >= 0.6 is 11.8 Å². The second kappa shape index (κ2) is 4.59. The SMILES string of the molecule is O=C1c2ccccc2C2(c3ccnc4ccccc34)SCCN12. The molecule has 1 aromatic heterocycles. The smallest absolute Gasteiger partial charge is 0.255 e. The van der Waals surface area contributed by atoms with Crippen molar-refractivity contribution < 1.29 is 4.79 Å². The number of pyridine rings is 1. The van der Waals surface area contributed by atoms with Crippen molar-refractivity contribution >= 4 is 28.6 Å². The number of nitrogens with zero attached hydrogens (tertiary/aromatic N) is 2. The number of hydrogen-bond acceptors (Lipinski definition) is 3. The van der Waals surface area contributed by atoms with Crippen LogP contribution in [-0.2, 0) is 4.87 Å². The van der Waals surface area contributed by atoms with Crippen LogP contribution in [-0.4, -0.2) is 28.1 Å². The zero-order chi connectivity index (χ0) is 15.4. The first kappa shape index (κ1) is 13.1. The first-order valence-electron chi connectivity index (χ1n) is 7.72. The van der Waals surface area contributed by atoms with Gasteiger partial charge in [0.15, 0.2) is 0 Å². The third kappa shape index (κ3) is 1.56. The van der Waals surface area contributed by atoms with Crippen LogP contribution < -0.4 is 0 Å². The number of para-hydroxylation sites is 1.